The zero-order valence-electron chi connectivity index (χ0n) is 14.4. The molecule has 0 unspecified atom stereocenters. The van der Waals surface area contributed by atoms with E-state index in [1.807, 2.05) is 4.90 Å². The Hall–Kier alpha value is -1.40. The van der Waals surface area contributed by atoms with E-state index in [1.54, 1.807) is 24.3 Å². The molecule has 24 heavy (non-hydrogen) atoms. The van der Waals surface area contributed by atoms with Crippen LogP contribution in [0.3, 0.4) is 0 Å². The quantitative estimate of drug-likeness (QED) is 0.842. The average Bonchev–Trinajstić information content (AvgIpc) is 3.10. The number of hydrogen-bond donors (Lipinski definition) is 0. The highest BCUT2D eigenvalue weighted by Crippen LogP contribution is 2.26. The Morgan fingerprint density at radius 3 is 2.04 bits per heavy atom. The van der Waals surface area contributed by atoms with E-state index in [0.29, 0.717) is 18.7 Å². The third-order valence-corrected chi connectivity index (χ3v) is 7.14. The Morgan fingerprint density at radius 1 is 0.958 bits per heavy atom. The molecule has 1 aromatic carbocycles. The van der Waals surface area contributed by atoms with Gasteiger partial charge in [-0.2, -0.15) is 4.31 Å². The minimum atomic E-state index is -3.42. The van der Waals surface area contributed by atoms with Gasteiger partial charge in [-0.05, 0) is 70.2 Å². The molecule has 0 bridgehead atoms. The molecule has 2 saturated heterocycles. The Bertz CT molecular complexity index is 683. The number of likely N-dealkylation sites (tertiary alicyclic amines) is 1. The van der Waals surface area contributed by atoms with Crippen LogP contribution in [0.2, 0.25) is 0 Å². The first-order valence-electron chi connectivity index (χ1n) is 8.84. The number of sulfonamides is 1. The number of carbonyl (C=O) groups is 1. The van der Waals surface area contributed by atoms with Crippen molar-refractivity contribution in [1.82, 2.24) is 9.21 Å². The Morgan fingerprint density at radius 2 is 1.50 bits per heavy atom. The molecule has 3 rings (SSSR count). The minimum Gasteiger partial charge on any atom is -0.333 e. The van der Waals surface area contributed by atoms with Crippen LogP contribution in [0, 0.1) is 0 Å². The molecule has 2 atom stereocenters. The molecule has 132 valence electrons. The summed E-state index contributed by atoms with van der Waals surface area (Å²) in [7, 11) is -3.42. The maximum atomic E-state index is 12.8. The number of carbonyl (C=O) groups excluding carboxylic acids is 1. The van der Waals surface area contributed by atoms with Crippen molar-refractivity contribution in [3.05, 3.63) is 29.8 Å². The smallest absolute Gasteiger partial charge is 0.254 e. The molecule has 0 radical (unpaired) electrons. The zero-order valence-corrected chi connectivity index (χ0v) is 15.3. The van der Waals surface area contributed by atoms with Gasteiger partial charge in [-0.1, -0.05) is 0 Å². The van der Waals surface area contributed by atoms with Crippen LogP contribution in [0.15, 0.2) is 29.2 Å². The van der Waals surface area contributed by atoms with E-state index in [4.69, 9.17) is 0 Å². The molecule has 2 aliphatic rings. The standard InChI is InChI=1S/C18H26N2O3S/c1-14-6-5-7-15(2)20(14)18(21)16-8-10-17(11-9-16)24(22,23)19-12-3-4-13-19/h8-11,14-15H,3-7,12-13H2,1-2H3/t14-,15-/m0/s1. The van der Waals surface area contributed by atoms with Crippen molar-refractivity contribution in [2.45, 2.75) is 62.9 Å². The lowest BCUT2D eigenvalue weighted by atomic mass is 9.96. The van der Waals surface area contributed by atoms with Crippen molar-refractivity contribution in [2.24, 2.45) is 0 Å². The van der Waals surface area contributed by atoms with Crippen LogP contribution in [0.25, 0.3) is 0 Å². The second-order valence-electron chi connectivity index (χ2n) is 6.98. The first-order valence-corrected chi connectivity index (χ1v) is 10.3. The lowest BCUT2D eigenvalue weighted by molar-refractivity contribution is 0.0510. The van der Waals surface area contributed by atoms with Crippen molar-refractivity contribution in [3.63, 3.8) is 0 Å². The van der Waals surface area contributed by atoms with Crippen molar-refractivity contribution >= 4 is 15.9 Å². The fraction of sp³-hybridized carbons (Fsp3) is 0.611. The molecule has 2 aliphatic heterocycles. The number of nitrogens with zero attached hydrogens (tertiary/aromatic N) is 2. The molecule has 1 aromatic rings. The minimum absolute atomic E-state index is 0.000166. The van der Waals surface area contributed by atoms with Gasteiger partial charge in [-0.25, -0.2) is 8.42 Å². The zero-order chi connectivity index (χ0) is 17.3. The van der Waals surface area contributed by atoms with E-state index in [-0.39, 0.29) is 22.9 Å². The molecule has 1 amide bonds. The summed E-state index contributed by atoms with van der Waals surface area (Å²) in [5.74, 6) is -0.000166. The van der Waals surface area contributed by atoms with Gasteiger partial charge in [0.05, 0.1) is 4.90 Å². The van der Waals surface area contributed by atoms with Gasteiger partial charge in [0.25, 0.3) is 5.91 Å². The first-order chi connectivity index (χ1) is 11.4. The molecule has 0 aromatic heterocycles. The largest absolute Gasteiger partial charge is 0.333 e. The van der Waals surface area contributed by atoms with E-state index < -0.39 is 10.0 Å². The van der Waals surface area contributed by atoms with Gasteiger partial charge in [0.1, 0.15) is 0 Å². The Labute approximate surface area is 144 Å². The fourth-order valence-corrected chi connectivity index (χ4v) is 5.33. The van der Waals surface area contributed by atoms with Crippen LogP contribution in [-0.4, -0.2) is 48.7 Å². The lowest BCUT2D eigenvalue weighted by Crippen LogP contribution is -2.47. The SMILES string of the molecule is C[C@H]1CCC[C@H](C)N1C(=O)c1ccc(S(=O)(=O)N2CCCC2)cc1. The molecule has 2 fully saturated rings. The van der Waals surface area contributed by atoms with E-state index in [0.717, 1.165) is 32.1 Å². The predicted octanol–water partition coefficient (Wildman–Crippen LogP) is 2.87. The van der Waals surface area contributed by atoms with Crippen molar-refractivity contribution in [3.8, 4) is 0 Å². The van der Waals surface area contributed by atoms with Crippen LogP contribution >= 0.6 is 0 Å². The Kier molecular flexibility index (Phi) is 4.97. The third-order valence-electron chi connectivity index (χ3n) is 5.23. The summed E-state index contributed by atoms with van der Waals surface area (Å²) in [5.41, 5.74) is 0.566. The maximum absolute atomic E-state index is 12.8. The number of amides is 1. The van der Waals surface area contributed by atoms with Gasteiger partial charge in [-0.15, -0.1) is 0 Å². The monoisotopic (exact) mass is 350 g/mol. The summed E-state index contributed by atoms with van der Waals surface area (Å²) in [6.45, 7) is 5.34. The van der Waals surface area contributed by atoms with Crippen LogP contribution in [-0.2, 0) is 10.0 Å². The number of hydrogen-bond acceptors (Lipinski definition) is 3. The number of piperidine rings is 1. The summed E-state index contributed by atoms with van der Waals surface area (Å²) < 4.78 is 26.6. The summed E-state index contributed by atoms with van der Waals surface area (Å²) in [4.78, 5) is 15.0. The van der Waals surface area contributed by atoms with Crippen molar-refractivity contribution in [1.29, 1.82) is 0 Å². The number of rotatable bonds is 3. The summed E-state index contributed by atoms with van der Waals surface area (Å²) in [5, 5.41) is 0. The normalized spacial score (nSPS) is 25.8. The summed E-state index contributed by atoms with van der Waals surface area (Å²) in [6, 6.07) is 6.91. The van der Waals surface area contributed by atoms with Crippen LogP contribution < -0.4 is 0 Å². The highest BCUT2D eigenvalue weighted by Gasteiger charge is 2.30. The van der Waals surface area contributed by atoms with Crippen LogP contribution in [0.5, 0.6) is 0 Å². The second-order valence-corrected chi connectivity index (χ2v) is 8.91. The van der Waals surface area contributed by atoms with Crippen molar-refractivity contribution in [2.75, 3.05) is 13.1 Å². The van der Waals surface area contributed by atoms with Gasteiger partial charge < -0.3 is 4.90 Å². The van der Waals surface area contributed by atoms with E-state index >= 15 is 0 Å². The van der Waals surface area contributed by atoms with Gasteiger partial charge >= 0.3 is 0 Å². The van der Waals surface area contributed by atoms with Gasteiger partial charge in [0.2, 0.25) is 10.0 Å². The van der Waals surface area contributed by atoms with E-state index in [1.165, 1.54) is 4.31 Å². The highest BCUT2D eigenvalue weighted by atomic mass is 32.2. The molecule has 0 spiro atoms. The van der Waals surface area contributed by atoms with Crippen LogP contribution in [0.4, 0.5) is 0 Å². The maximum Gasteiger partial charge on any atom is 0.254 e. The molecule has 0 N–H and O–H groups in total. The molecule has 0 saturated carbocycles. The molecular formula is C18H26N2O3S. The van der Waals surface area contributed by atoms with Crippen molar-refractivity contribution < 1.29 is 13.2 Å². The Balaban J connectivity index is 1.80. The molecule has 6 heteroatoms. The molecular weight excluding hydrogens is 324 g/mol. The third kappa shape index (κ3) is 3.22. The number of benzene rings is 1. The van der Waals surface area contributed by atoms with E-state index in [2.05, 4.69) is 13.8 Å². The van der Waals surface area contributed by atoms with Gasteiger partial charge in [0, 0.05) is 30.7 Å². The fourth-order valence-electron chi connectivity index (χ4n) is 3.82. The lowest BCUT2D eigenvalue weighted by Gasteiger charge is -2.39. The summed E-state index contributed by atoms with van der Waals surface area (Å²) >= 11 is 0. The predicted molar refractivity (Wildman–Crippen MR) is 93.4 cm³/mol. The highest BCUT2D eigenvalue weighted by molar-refractivity contribution is 7.89. The first kappa shape index (κ1) is 17.4. The molecule has 2 heterocycles. The topological polar surface area (TPSA) is 57.7 Å². The van der Waals surface area contributed by atoms with E-state index in [9.17, 15) is 13.2 Å². The van der Waals surface area contributed by atoms with Gasteiger partial charge in [0.15, 0.2) is 0 Å². The van der Waals surface area contributed by atoms with Crippen LogP contribution in [0.1, 0.15) is 56.3 Å². The molecule has 0 aliphatic carbocycles. The second kappa shape index (κ2) is 6.84. The average molecular weight is 350 g/mol. The summed E-state index contributed by atoms with van der Waals surface area (Å²) in [6.07, 6.45) is 5.04. The molecule has 5 nitrogen and oxygen atoms in total. The van der Waals surface area contributed by atoms with Gasteiger partial charge in [-0.3, -0.25) is 4.79 Å².